The fourth-order valence-electron chi connectivity index (χ4n) is 4.97. The number of ether oxygens (including phenoxy) is 1. The van der Waals surface area contributed by atoms with Gasteiger partial charge in [-0.3, -0.25) is 9.69 Å². The van der Waals surface area contributed by atoms with Gasteiger partial charge in [-0.25, -0.2) is 0 Å². The molecule has 1 aromatic heterocycles. The number of phenols is 2. The van der Waals surface area contributed by atoms with Crippen molar-refractivity contribution in [1.82, 2.24) is 15.4 Å². The summed E-state index contributed by atoms with van der Waals surface area (Å²) in [6.45, 7) is 10.6. The van der Waals surface area contributed by atoms with Crippen LogP contribution in [0.1, 0.15) is 48.3 Å². The molecule has 208 valence electrons. The van der Waals surface area contributed by atoms with Gasteiger partial charge in [0, 0.05) is 37.8 Å². The average molecular weight is 542 g/mol. The molecule has 5 rings (SSSR count). The van der Waals surface area contributed by atoms with Gasteiger partial charge in [0.2, 0.25) is 0 Å². The molecule has 0 aliphatic carbocycles. The fraction of sp³-hybridized carbons (Fsp3) is 0.312. The van der Waals surface area contributed by atoms with Gasteiger partial charge in [-0.2, -0.15) is 0 Å². The Morgan fingerprint density at radius 2 is 1.60 bits per heavy atom. The zero-order valence-corrected chi connectivity index (χ0v) is 23.1. The third-order valence-electron chi connectivity index (χ3n) is 7.24. The van der Waals surface area contributed by atoms with Crippen LogP contribution < -0.4 is 5.32 Å². The Hall–Kier alpha value is -4.14. The standard InChI is InChI=1S/C32H35N3O5/c1-4-33-32(38)30-29(24-7-5-21(6-8-24)19-35-13-15-39-16-14-35)31(40-34-30)26-17-25(27(36)18-28(26)37)23-11-9-22(10-12-23)20(2)3/h5-12,17-18,20,36-37H,4,13-16,19H2,1-3H3,(H,33,38). The van der Waals surface area contributed by atoms with Crippen molar-refractivity contribution >= 4 is 5.91 Å². The lowest BCUT2D eigenvalue weighted by atomic mass is 9.94. The Balaban J connectivity index is 1.56. The maximum atomic E-state index is 13.0. The van der Waals surface area contributed by atoms with E-state index in [2.05, 4.69) is 29.2 Å². The number of nitrogens with one attached hydrogen (secondary N) is 1. The first-order chi connectivity index (χ1) is 19.4. The van der Waals surface area contributed by atoms with Gasteiger partial charge in [0.15, 0.2) is 11.5 Å². The number of benzene rings is 3. The molecule has 2 heterocycles. The molecule has 0 atom stereocenters. The van der Waals surface area contributed by atoms with Crippen LogP contribution in [0, 0.1) is 0 Å². The summed E-state index contributed by atoms with van der Waals surface area (Å²) in [5.41, 5.74) is 5.33. The molecular weight excluding hydrogens is 506 g/mol. The normalized spacial score (nSPS) is 14.0. The van der Waals surface area contributed by atoms with Crippen LogP contribution in [-0.4, -0.2) is 59.0 Å². The summed E-state index contributed by atoms with van der Waals surface area (Å²) < 4.78 is 11.2. The van der Waals surface area contributed by atoms with Gasteiger partial charge in [0.1, 0.15) is 11.5 Å². The number of hydrogen-bond acceptors (Lipinski definition) is 7. The SMILES string of the molecule is CCNC(=O)c1noc(-c2cc(-c3ccc(C(C)C)cc3)c(O)cc2O)c1-c1ccc(CN2CCOCC2)cc1. The van der Waals surface area contributed by atoms with E-state index < -0.39 is 0 Å². The van der Waals surface area contributed by atoms with E-state index in [1.165, 1.54) is 11.6 Å². The molecule has 0 bridgehead atoms. The molecule has 0 saturated carbocycles. The molecule has 3 aromatic carbocycles. The van der Waals surface area contributed by atoms with E-state index in [-0.39, 0.29) is 28.9 Å². The average Bonchev–Trinajstić information content (AvgIpc) is 3.39. The van der Waals surface area contributed by atoms with Crippen LogP contribution in [0.2, 0.25) is 0 Å². The molecule has 8 heteroatoms. The maximum absolute atomic E-state index is 13.0. The van der Waals surface area contributed by atoms with E-state index >= 15 is 0 Å². The number of morpholine rings is 1. The second kappa shape index (κ2) is 11.9. The molecule has 4 aromatic rings. The second-order valence-electron chi connectivity index (χ2n) is 10.3. The molecule has 0 spiro atoms. The zero-order valence-electron chi connectivity index (χ0n) is 23.1. The highest BCUT2D eigenvalue weighted by Gasteiger charge is 2.27. The van der Waals surface area contributed by atoms with Crippen LogP contribution in [-0.2, 0) is 11.3 Å². The van der Waals surface area contributed by atoms with Gasteiger partial charge in [-0.15, -0.1) is 0 Å². The Bertz CT molecular complexity index is 1470. The van der Waals surface area contributed by atoms with Crippen molar-refractivity contribution in [3.05, 3.63) is 77.5 Å². The van der Waals surface area contributed by atoms with Crippen LogP contribution >= 0.6 is 0 Å². The number of amides is 1. The predicted octanol–water partition coefficient (Wildman–Crippen LogP) is 5.79. The number of hydrogen-bond donors (Lipinski definition) is 3. The van der Waals surface area contributed by atoms with E-state index in [1.807, 2.05) is 55.5 Å². The highest BCUT2D eigenvalue weighted by atomic mass is 16.5. The minimum Gasteiger partial charge on any atom is -0.507 e. The third kappa shape index (κ3) is 5.73. The summed E-state index contributed by atoms with van der Waals surface area (Å²) in [7, 11) is 0. The minimum absolute atomic E-state index is 0.0592. The van der Waals surface area contributed by atoms with Gasteiger partial charge < -0.3 is 24.8 Å². The summed E-state index contributed by atoms with van der Waals surface area (Å²) in [4.78, 5) is 15.3. The van der Waals surface area contributed by atoms with E-state index in [1.54, 1.807) is 6.07 Å². The van der Waals surface area contributed by atoms with Crippen LogP contribution in [0.25, 0.3) is 33.6 Å². The first-order valence-corrected chi connectivity index (χ1v) is 13.7. The minimum atomic E-state index is -0.368. The van der Waals surface area contributed by atoms with Crippen molar-refractivity contribution in [2.75, 3.05) is 32.8 Å². The summed E-state index contributed by atoms with van der Waals surface area (Å²) in [5.74, 6) is 0.0231. The van der Waals surface area contributed by atoms with Crippen molar-refractivity contribution in [3.8, 4) is 45.1 Å². The lowest BCUT2D eigenvalue weighted by Crippen LogP contribution is -2.35. The van der Waals surface area contributed by atoms with E-state index in [4.69, 9.17) is 9.26 Å². The molecule has 0 unspecified atom stereocenters. The Morgan fingerprint density at radius 1 is 0.950 bits per heavy atom. The molecule has 0 radical (unpaired) electrons. The van der Waals surface area contributed by atoms with Crippen molar-refractivity contribution in [1.29, 1.82) is 0 Å². The maximum Gasteiger partial charge on any atom is 0.274 e. The lowest BCUT2D eigenvalue weighted by molar-refractivity contribution is 0.0342. The topological polar surface area (TPSA) is 108 Å². The molecule has 1 aliphatic rings. The van der Waals surface area contributed by atoms with Gasteiger partial charge in [-0.1, -0.05) is 67.5 Å². The summed E-state index contributed by atoms with van der Waals surface area (Å²) in [5, 5.41) is 28.6. The van der Waals surface area contributed by atoms with Gasteiger partial charge in [0.25, 0.3) is 5.91 Å². The lowest BCUT2D eigenvalue weighted by Gasteiger charge is -2.26. The monoisotopic (exact) mass is 541 g/mol. The summed E-state index contributed by atoms with van der Waals surface area (Å²) in [6.07, 6.45) is 0. The largest absolute Gasteiger partial charge is 0.507 e. The van der Waals surface area contributed by atoms with Crippen molar-refractivity contribution in [3.63, 3.8) is 0 Å². The molecule has 1 aliphatic heterocycles. The van der Waals surface area contributed by atoms with Crippen molar-refractivity contribution < 1.29 is 24.3 Å². The van der Waals surface area contributed by atoms with Crippen LogP contribution in [0.3, 0.4) is 0 Å². The molecule has 3 N–H and O–H groups in total. The molecule has 1 saturated heterocycles. The highest BCUT2D eigenvalue weighted by Crippen LogP contribution is 2.44. The number of aromatic hydroxyl groups is 2. The predicted molar refractivity (Wildman–Crippen MR) is 154 cm³/mol. The van der Waals surface area contributed by atoms with Gasteiger partial charge >= 0.3 is 0 Å². The quantitative estimate of drug-likeness (QED) is 0.259. The molecule has 40 heavy (non-hydrogen) atoms. The molecular formula is C32H35N3O5. The van der Waals surface area contributed by atoms with Gasteiger partial charge in [0.05, 0.1) is 24.3 Å². The van der Waals surface area contributed by atoms with E-state index in [0.717, 1.165) is 49.5 Å². The Kier molecular flexibility index (Phi) is 8.19. The highest BCUT2D eigenvalue weighted by molar-refractivity contribution is 6.03. The number of phenolic OH excluding ortho intramolecular Hbond substituents is 2. The number of carbonyl (C=O) groups excluding carboxylic acids is 1. The number of aromatic nitrogens is 1. The smallest absolute Gasteiger partial charge is 0.274 e. The first-order valence-electron chi connectivity index (χ1n) is 13.7. The Labute approximate surface area is 234 Å². The fourth-order valence-corrected chi connectivity index (χ4v) is 4.97. The van der Waals surface area contributed by atoms with Crippen molar-refractivity contribution in [2.24, 2.45) is 0 Å². The number of carbonyl (C=O) groups is 1. The van der Waals surface area contributed by atoms with Gasteiger partial charge in [-0.05, 0) is 41.2 Å². The third-order valence-corrected chi connectivity index (χ3v) is 7.24. The molecule has 1 fully saturated rings. The first kappa shape index (κ1) is 27.4. The summed E-state index contributed by atoms with van der Waals surface area (Å²) in [6, 6.07) is 18.9. The number of rotatable bonds is 8. The van der Waals surface area contributed by atoms with Crippen LogP contribution in [0.5, 0.6) is 11.5 Å². The molecule has 1 amide bonds. The van der Waals surface area contributed by atoms with E-state index in [0.29, 0.717) is 29.2 Å². The Morgan fingerprint density at radius 3 is 2.25 bits per heavy atom. The summed E-state index contributed by atoms with van der Waals surface area (Å²) >= 11 is 0. The zero-order chi connectivity index (χ0) is 28.2. The van der Waals surface area contributed by atoms with Crippen LogP contribution in [0.15, 0.2) is 65.2 Å². The van der Waals surface area contributed by atoms with Crippen LogP contribution in [0.4, 0.5) is 0 Å². The van der Waals surface area contributed by atoms with E-state index in [9.17, 15) is 15.0 Å². The molecule has 8 nitrogen and oxygen atoms in total. The second-order valence-corrected chi connectivity index (χ2v) is 10.3. The number of nitrogens with zero attached hydrogens (tertiary/aromatic N) is 2. The van der Waals surface area contributed by atoms with Crippen molar-refractivity contribution in [2.45, 2.75) is 33.2 Å².